The van der Waals surface area contributed by atoms with Crippen LogP contribution in [0, 0.1) is 0 Å². The number of carbonyl (C=O) groups excluding carboxylic acids is 1. The molecule has 0 saturated carbocycles. The van der Waals surface area contributed by atoms with Gasteiger partial charge in [-0.15, -0.1) is 0 Å². The number of H-pyrrole nitrogens is 1. The van der Waals surface area contributed by atoms with Crippen molar-refractivity contribution in [3.63, 3.8) is 0 Å². The van der Waals surface area contributed by atoms with Crippen molar-refractivity contribution in [2.75, 3.05) is 5.73 Å². The number of nitrogens with two attached hydrogens (primary N) is 1. The van der Waals surface area contributed by atoms with E-state index in [2.05, 4.69) is 10.2 Å². The molecule has 0 bridgehead atoms. The molecule has 0 aliphatic rings. The number of aromatic nitrogens is 2. The standard InChI is InChI=1S/C6H9N3O/c1-2-5(10)4-3-8-9-6(4)7/h3H,2H2,1H3,(H3,7,8,9). The third-order valence-corrected chi connectivity index (χ3v) is 1.29. The minimum absolute atomic E-state index is 0.0197. The van der Waals surface area contributed by atoms with Gasteiger partial charge in [0.05, 0.1) is 11.8 Å². The fourth-order valence-corrected chi connectivity index (χ4v) is 0.709. The first-order valence-corrected chi connectivity index (χ1v) is 3.07. The van der Waals surface area contributed by atoms with Crippen LogP contribution in [0.15, 0.2) is 6.20 Å². The molecule has 10 heavy (non-hydrogen) atoms. The van der Waals surface area contributed by atoms with Crippen LogP contribution in [0.2, 0.25) is 0 Å². The van der Waals surface area contributed by atoms with E-state index in [0.717, 1.165) is 0 Å². The van der Waals surface area contributed by atoms with Gasteiger partial charge in [-0.05, 0) is 0 Å². The summed E-state index contributed by atoms with van der Waals surface area (Å²) in [7, 11) is 0. The van der Waals surface area contributed by atoms with E-state index >= 15 is 0 Å². The monoisotopic (exact) mass is 139 g/mol. The molecule has 1 aromatic heterocycles. The maximum atomic E-state index is 11.0. The van der Waals surface area contributed by atoms with Crippen molar-refractivity contribution in [1.29, 1.82) is 0 Å². The van der Waals surface area contributed by atoms with Crippen LogP contribution in [0.1, 0.15) is 23.7 Å². The number of carbonyl (C=O) groups is 1. The van der Waals surface area contributed by atoms with E-state index in [4.69, 9.17) is 5.73 Å². The Kier molecular flexibility index (Phi) is 1.71. The molecule has 0 aliphatic carbocycles. The van der Waals surface area contributed by atoms with Crippen LogP contribution in [-0.2, 0) is 0 Å². The number of nitrogens with zero attached hydrogens (tertiary/aromatic N) is 1. The Morgan fingerprint density at radius 3 is 3.00 bits per heavy atom. The van der Waals surface area contributed by atoms with Gasteiger partial charge < -0.3 is 5.73 Å². The first kappa shape index (κ1) is 6.80. The van der Waals surface area contributed by atoms with Crippen LogP contribution in [0.3, 0.4) is 0 Å². The Balaban J connectivity index is 2.93. The zero-order valence-corrected chi connectivity index (χ0v) is 5.72. The summed E-state index contributed by atoms with van der Waals surface area (Å²) in [6.45, 7) is 1.79. The van der Waals surface area contributed by atoms with Crippen molar-refractivity contribution in [1.82, 2.24) is 10.2 Å². The summed E-state index contributed by atoms with van der Waals surface area (Å²) in [5.41, 5.74) is 5.87. The topological polar surface area (TPSA) is 71.8 Å². The number of hydrogen-bond donors (Lipinski definition) is 2. The van der Waals surface area contributed by atoms with Gasteiger partial charge in [0.1, 0.15) is 5.82 Å². The van der Waals surface area contributed by atoms with E-state index in [1.165, 1.54) is 6.20 Å². The number of nitrogen functional groups attached to an aromatic ring is 1. The largest absolute Gasteiger partial charge is 0.383 e. The molecule has 3 N–H and O–H groups in total. The number of Topliss-reactive ketones (excluding diaryl/α,β-unsaturated/α-hetero) is 1. The number of hydrogen-bond acceptors (Lipinski definition) is 3. The zero-order chi connectivity index (χ0) is 7.56. The van der Waals surface area contributed by atoms with E-state index in [1.54, 1.807) is 6.92 Å². The minimum atomic E-state index is 0.0197. The quantitative estimate of drug-likeness (QED) is 0.589. The van der Waals surface area contributed by atoms with Gasteiger partial charge in [-0.25, -0.2) is 0 Å². The molecule has 0 fully saturated rings. The third-order valence-electron chi connectivity index (χ3n) is 1.29. The first-order chi connectivity index (χ1) is 4.75. The van der Waals surface area contributed by atoms with Crippen LogP contribution in [0.25, 0.3) is 0 Å². The maximum Gasteiger partial charge on any atom is 0.167 e. The maximum absolute atomic E-state index is 11.0. The lowest BCUT2D eigenvalue weighted by Crippen LogP contribution is -1.99. The average molecular weight is 139 g/mol. The van der Waals surface area contributed by atoms with Crippen LogP contribution in [0.4, 0.5) is 5.82 Å². The van der Waals surface area contributed by atoms with E-state index < -0.39 is 0 Å². The number of rotatable bonds is 2. The molecular formula is C6H9N3O. The summed E-state index contributed by atoms with van der Waals surface area (Å²) >= 11 is 0. The highest BCUT2D eigenvalue weighted by atomic mass is 16.1. The second-order valence-electron chi connectivity index (χ2n) is 1.97. The lowest BCUT2D eigenvalue weighted by Gasteiger charge is -1.91. The highest BCUT2D eigenvalue weighted by Crippen LogP contribution is 2.07. The lowest BCUT2D eigenvalue weighted by atomic mass is 10.2. The van der Waals surface area contributed by atoms with Gasteiger partial charge in [0.2, 0.25) is 0 Å². The Hall–Kier alpha value is -1.32. The molecule has 0 unspecified atom stereocenters. The molecule has 4 heteroatoms. The Morgan fingerprint density at radius 1 is 1.90 bits per heavy atom. The number of nitrogens with one attached hydrogen (secondary N) is 1. The van der Waals surface area contributed by atoms with Crippen molar-refractivity contribution in [3.05, 3.63) is 11.8 Å². The van der Waals surface area contributed by atoms with E-state index in [0.29, 0.717) is 17.8 Å². The molecule has 0 aliphatic heterocycles. The highest BCUT2D eigenvalue weighted by molar-refractivity contribution is 5.99. The number of ketones is 1. The third kappa shape index (κ3) is 1.00. The van der Waals surface area contributed by atoms with Gasteiger partial charge in [0.25, 0.3) is 0 Å². The molecule has 0 atom stereocenters. The molecule has 0 radical (unpaired) electrons. The van der Waals surface area contributed by atoms with Gasteiger partial charge in [0.15, 0.2) is 5.78 Å². The highest BCUT2D eigenvalue weighted by Gasteiger charge is 2.07. The first-order valence-electron chi connectivity index (χ1n) is 3.07. The molecule has 0 saturated heterocycles. The average Bonchev–Trinajstić information content (AvgIpc) is 2.34. The van der Waals surface area contributed by atoms with Crippen molar-refractivity contribution in [2.45, 2.75) is 13.3 Å². The number of anilines is 1. The molecule has 4 nitrogen and oxygen atoms in total. The summed E-state index contributed by atoms with van der Waals surface area (Å²) in [4.78, 5) is 11.0. The van der Waals surface area contributed by atoms with E-state index in [-0.39, 0.29) is 5.78 Å². The number of aromatic amines is 1. The SMILES string of the molecule is CCC(=O)c1cn[nH]c1N. The summed E-state index contributed by atoms with van der Waals surface area (Å²) in [6.07, 6.45) is 1.91. The predicted octanol–water partition coefficient (Wildman–Crippen LogP) is 0.585. The Morgan fingerprint density at radius 2 is 2.60 bits per heavy atom. The van der Waals surface area contributed by atoms with Crippen molar-refractivity contribution < 1.29 is 4.79 Å². The van der Waals surface area contributed by atoms with Crippen molar-refractivity contribution >= 4 is 11.6 Å². The minimum Gasteiger partial charge on any atom is -0.383 e. The fourth-order valence-electron chi connectivity index (χ4n) is 0.709. The molecule has 1 heterocycles. The van der Waals surface area contributed by atoms with Crippen LogP contribution >= 0.6 is 0 Å². The lowest BCUT2D eigenvalue weighted by molar-refractivity contribution is 0.0989. The summed E-state index contributed by atoms with van der Waals surface area (Å²) in [6, 6.07) is 0. The molecular weight excluding hydrogens is 130 g/mol. The molecule has 54 valence electrons. The predicted molar refractivity (Wildman–Crippen MR) is 37.6 cm³/mol. The van der Waals surface area contributed by atoms with Gasteiger partial charge in [-0.2, -0.15) is 5.10 Å². The van der Waals surface area contributed by atoms with Gasteiger partial charge >= 0.3 is 0 Å². The van der Waals surface area contributed by atoms with Crippen molar-refractivity contribution in [3.8, 4) is 0 Å². The van der Waals surface area contributed by atoms with Crippen LogP contribution in [-0.4, -0.2) is 16.0 Å². The van der Waals surface area contributed by atoms with E-state index in [1.807, 2.05) is 0 Å². The second-order valence-corrected chi connectivity index (χ2v) is 1.97. The normalized spacial score (nSPS) is 9.70. The summed E-state index contributed by atoms with van der Waals surface area (Å²) in [5.74, 6) is 0.373. The van der Waals surface area contributed by atoms with Crippen LogP contribution in [0.5, 0.6) is 0 Å². The van der Waals surface area contributed by atoms with Crippen LogP contribution < -0.4 is 5.73 Å². The second kappa shape index (κ2) is 2.51. The Bertz CT molecular complexity index is 241. The molecule has 1 aromatic rings. The zero-order valence-electron chi connectivity index (χ0n) is 5.72. The molecule has 0 spiro atoms. The fraction of sp³-hybridized carbons (Fsp3) is 0.333. The van der Waals surface area contributed by atoms with E-state index in [9.17, 15) is 4.79 Å². The van der Waals surface area contributed by atoms with Gasteiger partial charge in [-0.3, -0.25) is 9.89 Å². The van der Waals surface area contributed by atoms with Gasteiger partial charge in [-0.1, -0.05) is 6.92 Å². The van der Waals surface area contributed by atoms with Crippen molar-refractivity contribution in [2.24, 2.45) is 0 Å². The molecule has 0 aromatic carbocycles. The summed E-state index contributed by atoms with van der Waals surface area (Å²) in [5, 5.41) is 6.11. The smallest absolute Gasteiger partial charge is 0.167 e. The molecule has 0 amide bonds. The Labute approximate surface area is 58.4 Å². The van der Waals surface area contributed by atoms with Gasteiger partial charge in [0, 0.05) is 6.42 Å². The summed E-state index contributed by atoms with van der Waals surface area (Å²) < 4.78 is 0. The molecule has 1 rings (SSSR count).